The number of ether oxygens (including phenoxy) is 2. The number of rotatable bonds is 4. The summed E-state index contributed by atoms with van der Waals surface area (Å²) in [4.78, 5) is 37.6. The smallest absolute Gasteiger partial charge is 0.325 e. The van der Waals surface area contributed by atoms with Crippen LogP contribution in [0.4, 0.5) is 0 Å². The Morgan fingerprint density at radius 3 is 2.52 bits per heavy atom. The summed E-state index contributed by atoms with van der Waals surface area (Å²) in [6.45, 7) is 4.89. The van der Waals surface area contributed by atoms with Gasteiger partial charge in [0.25, 0.3) is 11.5 Å². The zero-order valence-corrected chi connectivity index (χ0v) is 17.8. The molecular formula is C20H21BrN2O6. The number of fused-ring (bicyclic) bond motifs is 1. The molecule has 1 amide bonds. The number of aromatic nitrogens is 1. The van der Waals surface area contributed by atoms with Gasteiger partial charge in [-0.05, 0) is 45.0 Å². The van der Waals surface area contributed by atoms with E-state index in [4.69, 9.17) is 9.47 Å². The van der Waals surface area contributed by atoms with E-state index in [-0.39, 0.29) is 13.2 Å². The second-order valence-corrected chi connectivity index (χ2v) is 8.44. The highest BCUT2D eigenvalue weighted by Crippen LogP contribution is 2.31. The van der Waals surface area contributed by atoms with Crippen molar-refractivity contribution in [3.63, 3.8) is 0 Å². The predicted molar refractivity (Wildman–Crippen MR) is 108 cm³/mol. The molecule has 0 spiro atoms. The molecule has 0 radical (unpaired) electrons. The lowest BCUT2D eigenvalue weighted by atomic mass is 10.1. The third-order valence-electron chi connectivity index (χ3n) is 4.17. The van der Waals surface area contributed by atoms with Crippen molar-refractivity contribution in [2.45, 2.75) is 39.6 Å². The molecule has 2 N–H and O–H groups in total. The lowest BCUT2D eigenvalue weighted by Crippen LogP contribution is -2.38. The number of hydrogen-bond acceptors (Lipinski definition) is 6. The van der Waals surface area contributed by atoms with Crippen molar-refractivity contribution in [3.05, 3.63) is 55.9 Å². The highest BCUT2D eigenvalue weighted by atomic mass is 79.9. The lowest BCUT2D eigenvalue weighted by molar-refractivity contribution is -0.153. The molecule has 0 saturated heterocycles. The summed E-state index contributed by atoms with van der Waals surface area (Å²) in [6.07, 6.45) is 0. The van der Waals surface area contributed by atoms with E-state index in [2.05, 4.69) is 21.2 Å². The Balaban J connectivity index is 1.98. The zero-order chi connectivity index (χ0) is 21.3. The first kappa shape index (κ1) is 21.1. The first-order chi connectivity index (χ1) is 13.6. The molecule has 9 heteroatoms. The van der Waals surface area contributed by atoms with Crippen molar-refractivity contribution in [1.29, 1.82) is 0 Å². The van der Waals surface area contributed by atoms with E-state index in [1.807, 2.05) is 0 Å². The van der Waals surface area contributed by atoms with E-state index in [1.165, 1.54) is 4.57 Å². The molecule has 1 aromatic heterocycles. The largest absolute Gasteiger partial charge is 0.506 e. The maximum Gasteiger partial charge on any atom is 0.325 e. The Morgan fingerprint density at radius 1 is 1.24 bits per heavy atom. The van der Waals surface area contributed by atoms with Crippen molar-refractivity contribution in [2.75, 3.05) is 6.54 Å². The van der Waals surface area contributed by atoms with Crippen LogP contribution in [0.15, 0.2) is 33.5 Å². The van der Waals surface area contributed by atoms with Crippen LogP contribution in [0.3, 0.4) is 0 Å². The minimum absolute atomic E-state index is 0.0737. The van der Waals surface area contributed by atoms with E-state index in [0.29, 0.717) is 16.9 Å². The molecule has 0 unspecified atom stereocenters. The summed E-state index contributed by atoms with van der Waals surface area (Å²) in [7, 11) is 0. The minimum Gasteiger partial charge on any atom is -0.506 e. The molecule has 0 bridgehead atoms. The van der Waals surface area contributed by atoms with Gasteiger partial charge in [-0.25, -0.2) is 0 Å². The first-order valence-corrected chi connectivity index (χ1v) is 9.71. The van der Waals surface area contributed by atoms with Crippen molar-refractivity contribution in [3.8, 4) is 11.4 Å². The first-order valence-electron chi connectivity index (χ1n) is 8.92. The topological polar surface area (TPSA) is 107 Å². The monoisotopic (exact) mass is 464 g/mol. The van der Waals surface area contributed by atoms with Crippen LogP contribution in [0.5, 0.6) is 5.75 Å². The summed E-state index contributed by atoms with van der Waals surface area (Å²) < 4.78 is 12.7. The van der Waals surface area contributed by atoms with Gasteiger partial charge in [-0.15, -0.1) is 0 Å². The molecule has 1 aromatic carbocycles. The van der Waals surface area contributed by atoms with Crippen molar-refractivity contribution in [1.82, 2.24) is 9.88 Å². The van der Waals surface area contributed by atoms with Crippen LogP contribution >= 0.6 is 15.9 Å². The predicted octanol–water partition coefficient (Wildman–Crippen LogP) is 2.41. The minimum atomic E-state index is -0.862. The number of pyridine rings is 1. The number of nitrogens with one attached hydrogen (secondary N) is 1. The average molecular weight is 465 g/mol. The molecule has 0 fully saturated rings. The second kappa shape index (κ2) is 8.00. The second-order valence-electron chi connectivity index (χ2n) is 7.53. The fraction of sp³-hybridized carbons (Fsp3) is 0.350. The normalized spacial score (nSPS) is 13.1. The molecule has 0 aliphatic carbocycles. The Kier molecular flexibility index (Phi) is 5.81. The Bertz CT molecular complexity index is 1020. The molecule has 2 heterocycles. The van der Waals surface area contributed by atoms with Gasteiger partial charge in [0.05, 0.1) is 18.9 Å². The van der Waals surface area contributed by atoms with Crippen LogP contribution in [0.25, 0.3) is 5.69 Å². The van der Waals surface area contributed by atoms with Crippen LogP contribution in [-0.2, 0) is 27.5 Å². The van der Waals surface area contributed by atoms with Gasteiger partial charge in [0.1, 0.15) is 23.5 Å². The zero-order valence-electron chi connectivity index (χ0n) is 16.2. The number of nitrogens with zero attached hydrogens (tertiary/aromatic N) is 1. The van der Waals surface area contributed by atoms with Crippen LogP contribution in [0.2, 0.25) is 0 Å². The quantitative estimate of drug-likeness (QED) is 0.672. The molecule has 1 aliphatic rings. The molecule has 1 aliphatic heterocycles. The molecule has 0 atom stereocenters. The number of carbonyl (C=O) groups is 2. The number of esters is 1. The lowest BCUT2D eigenvalue weighted by Gasteiger charge is -2.20. The number of aromatic hydroxyl groups is 1. The van der Waals surface area contributed by atoms with E-state index in [0.717, 1.165) is 4.47 Å². The molecular weight excluding hydrogens is 444 g/mol. The third kappa shape index (κ3) is 4.51. The summed E-state index contributed by atoms with van der Waals surface area (Å²) in [6, 6.07) is 6.95. The fourth-order valence-corrected chi connectivity index (χ4v) is 3.26. The number of amides is 1. The molecule has 3 rings (SSSR count). The third-order valence-corrected chi connectivity index (χ3v) is 4.70. The average Bonchev–Trinajstić information content (AvgIpc) is 3.10. The summed E-state index contributed by atoms with van der Waals surface area (Å²) in [5.74, 6) is -1.94. The van der Waals surface area contributed by atoms with Gasteiger partial charge < -0.3 is 19.9 Å². The number of hydrogen-bond donors (Lipinski definition) is 2. The van der Waals surface area contributed by atoms with Crippen LogP contribution in [0, 0.1) is 0 Å². The van der Waals surface area contributed by atoms with E-state index in [1.54, 1.807) is 45.0 Å². The summed E-state index contributed by atoms with van der Waals surface area (Å²) in [5, 5.41) is 12.9. The van der Waals surface area contributed by atoms with E-state index in [9.17, 15) is 19.5 Å². The fourth-order valence-electron chi connectivity index (χ4n) is 3.00. The van der Waals surface area contributed by atoms with Gasteiger partial charge in [-0.1, -0.05) is 15.9 Å². The molecule has 0 saturated carbocycles. The number of halogens is 1. The van der Waals surface area contributed by atoms with Gasteiger partial charge in [0.2, 0.25) is 0 Å². The van der Waals surface area contributed by atoms with Crippen LogP contribution < -0.4 is 10.9 Å². The van der Waals surface area contributed by atoms with Crippen molar-refractivity contribution in [2.24, 2.45) is 0 Å². The van der Waals surface area contributed by atoms with Gasteiger partial charge in [0, 0.05) is 15.7 Å². The molecule has 2 aromatic rings. The summed E-state index contributed by atoms with van der Waals surface area (Å²) in [5.41, 5.74) is -0.463. The molecule has 8 nitrogen and oxygen atoms in total. The van der Waals surface area contributed by atoms with Gasteiger partial charge in [-0.2, -0.15) is 0 Å². The van der Waals surface area contributed by atoms with Gasteiger partial charge >= 0.3 is 5.97 Å². The van der Waals surface area contributed by atoms with Crippen molar-refractivity contribution < 1.29 is 24.2 Å². The standard InChI is InChI=1S/C20H21BrN2O6/c1-20(2,3)29-15(24)8-22-18(26)16-17(25)13-9-28-10-14(13)23(19(16)27)12-6-4-11(21)5-7-12/h4-7,25H,8-10H2,1-3H3,(H,22,26). The SMILES string of the molecule is CC(C)(C)OC(=O)CNC(=O)c1c(O)c2c(n(-c3ccc(Br)cc3)c1=O)COC2. The maximum absolute atomic E-state index is 13.1. The number of carbonyl (C=O) groups excluding carboxylic acids is 2. The van der Waals surface area contributed by atoms with Gasteiger partial charge in [0.15, 0.2) is 0 Å². The van der Waals surface area contributed by atoms with Gasteiger partial charge in [-0.3, -0.25) is 19.0 Å². The summed E-state index contributed by atoms with van der Waals surface area (Å²) >= 11 is 3.34. The van der Waals surface area contributed by atoms with E-state index >= 15 is 0 Å². The highest BCUT2D eigenvalue weighted by molar-refractivity contribution is 9.10. The molecule has 29 heavy (non-hydrogen) atoms. The Morgan fingerprint density at radius 2 is 1.90 bits per heavy atom. The maximum atomic E-state index is 13.1. The van der Waals surface area contributed by atoms with Crippen LogP contribution in [-0.4, -0.2) is 33.7 Å². The molecule has 154 valence electrons. The van der Waals surface area contributed by atoms with Crippen LogP contribution in [0.1, 0.15) is 42.4 Å². The Labute approximate surface area is 175 Å². The van der Waals surface area contributed by atoms with Crippen molar-refractivity contribution >= 4 is 27.8 Å². The Hall–Kier alpha value is -2.65. The number of benzene rings is 1. The van der Waals surface area contributed by atoms with E-state index < -0.39 is 40.9 Å². The highest BCUT2D eigenvalue weighted by Gasteiger charge is 2.30.